The number of para-hydroxylation sites is 1. The molecule has 2 aromatic carbocycles. The first-order valence-electron chi connectivity index (χ1n) is 8.57. The molecule has 0 bridgehead atoms. The van der Waals surface area contributed by atoms with Gasteiger partial charge < -0.3 is 19.7 Å². The topological polar surface area (TPSA) is 67.9 Å². The predicted molar refractivity (Wildman–Crippen MR) is 100 cm³/mol. The monoisotopic (exact) mass is 354 g/mol. The molecule has 2 amide bonds. The van der Waals surface area contributed by atoms with Crippen molar-refractivity contribution in [3.63, 3.8) is 0 Å². The van der Waals surface area contributed by atoms with Crippen molar-refractivity contribution in [3.8, 4) is 11.5 Å². The number of nitrogens with one attached hydrogen (secondary N) is 1. The third kappa shape index (κ3) is 3.64. The normalized spacial score (nSPS) is 14.1. The summed E-state index contributed by atoms with van der Waals surface area (Å²) in [6, 6.07) is 12.5. The largest absolute Gasteiger partial charge is 0.493 e. The van der Waals surface area contributed by atoms with E-state index >= 15 is 0 Å². The lowest BCUT2D eigenvalue weighted by Gasteiger charge is -2.27. The molecule has 1 aliphatic rings. The summed E-state index contributed by atoms with van der Waals surface area (Å²) in [6.45, 7) is 0.708. The number of methoxy groups -OCH3 is 2. The van der Waals surface area contributed by atoms with Crippen LogP contribution in [-0.2, 0) is 4.79 Å². The van der Waals surface area contributed by atoms with Gasteiger partial charge in [-0.15, -0.1) is 0 Å². The number of hydrogen-bond donors (Lipinski definition) is 1. The van der Waals surface area contributed by atoms with Crippen LogP contribution in [-0.4, -0.2) is 32.6 Å². The maximum Gasteiger partial charge on any atom is 0.259 e. The highest BCUT2D eigenvalue weighted by molar-refractivity contribution is 6.07. The molecule has 6 heteroatoms. The Bertz CT molecular complexity index is 819. The minimum Gasteiger partial charge on any atom is -0.493 e. The molecular formula is C20H22N2O4. The summed E-state index contributed by atoms with van der Waals surface area (Å²) in [5, 5.41) is 2.87. The second-order valence-corrected chi connectivity index (χ2v) is 6.05. The Morgan fingerprint density at radius 3 is 2.62 bits per heavy atom. The maximum absolute atomic E-state index is 12.7. The molecule has 6 nitrogen and oxygen atoms in total. The van der Waals surface area contributed by atoms with Gasteiger partial charge in [-0.3, -0.25) is 9.59 Å². The van der Waals surface area contributed by atoms with E-state index < -0.39 is 0 Å². The van der Waals surface area contributed by atoms with E-state index in [1.807, 2.05) is 18.2 Å². The van der Waals surface area contributed by atoms with Crippen LogP contribution in [0.5, 0.6) is 11.5 Å². The van der Waals surface area contributed by atoms with Gasteiger partial charge >= 0.3 is 0 Å². The van der Waals surface area contributed by atoms with E-state index in [1.54, 1.807) is 29.2 Å². The van der Waals surface area contributed by atoms with Crippen molar-refractivity contribution in [1.29, 1.82) is 0 Å². The van der Waals surface area contributed by atoms with Crippen molar-refractivity contribution in [1.82, 2.24) is 0 Å². The third-order valence-corrected chi connectivity index (χ3v) is 4.39. The van der Waals surface area contributed by atoms with Crippen molar-refractivity contribution in [3.05, 3.63) is 48.0 Å². The van der Waals surface area contributed by atoms with Gasteiger partial charge in [-0.2, -0.15) is 0 Å². The second-order valence-electron chi connectivity index (χ2n) is 6.05. The van der Waals surface area contributed by atoms with E-state index in [0.717, 1.165) is 18.5 Å². The molecule has 0 atom stereocenters. The molecule has 0 saturated carbocycles. The van der Waals surface area contributed by atoms with E-state index in [1.165, 1.54) is 14.2 Å². The smallest absolute Gasteiger partial charge is 0.259 e. The molecule has 0 spiro atoms. The fourth-order valence-electron chi connectivity index (χ4n) is 3.09. The molecule has 136 valence electrons. The van der Waals surface area contributed by atoms with Crippen LogP contribution in [0.1, 0.15) is 29.6 Å². The van der Waals surface area contributed by atoms with Gasteiger partial charge in [0.25, 0.3) is 5.91 Å². The molecule has 26 heavy (non-hydrogen) atoms. The van der Waals surface area contributed by atoms with Crippen LogP contribution < -0.4 is 19.7 Å². The lowest BCUT2D eigenvalue weighted by molar-refractivity contribution is -0.119. The summed E-state index contributed by atoms with van der Waals surface area (Å²) in [5.74, 6) is 0.694. The highest BCUT2D eigenvalue weighted by Gasteiger charge is 2.20. The van der Waals surface area contributed by atoms with Crippen LogP contribution in [0, 0.1) is 0 Å². The predicted octanol–water partition coefficient (Wildman–Crippen LogP) is 3.47. The third-order valence-electron chi connectivity index (χ3n) is 4.39. The van der Waals surface area contributed by atoms with Crippen LogP contribution in [0.3, 0.4) is 0 Å². The second kappa shape index (κ2) is 7.91. The quantitative estimate of drug-likeness (QED) is 0.893. The van der Waals surface area contributed by atoms with Gasteiger partial charge in [-0.1, -0.05) is 12.1 Å². The van der Waals surface area contributed by atoms with Crippen molar-refractivity contribution in [2.24, 2.45) is 0 Å². The van der Waals surface area contributed by atoms with E-state index in [4.69, 9.17) is 9.47 Å². The molecule has 2 aromatic rings. The first-order chi connectivity index (χ1) is 12.6. The van der Waals surface area contributed by atoms with Gasteiger partial charge in [0, 0.05) is 24.3 Å². The van der Waals surface area contributed by atoms with Crippen molar-refractivity contribution >= 4 is 23.2 Å². The number of hydrogen-bond acceptors (Lipinski definition) is 4. The standard InChI is InChI=1S/C20H22N2O4/c1-25-17-10-6-9-16(19(17)26-2)20(24)21-14-7-5-8-15(13-14)22-12-4-3-11-18(22)23/h5-10,13H,3-4,11-12H2,1-2H3,(H,21,24). The molecule has 1 fully saturated rings. The van der Waals surface area contributed by atoms with Crippen molar-refractivity contribution in [2.75, 3.05) is 31.0 Å². The van der Waals surface area contributed by atoms with Gasteiger partial charge in [-0.05, 0) is 43.2 Å². The summed E-state index contributed by atoms with van der Waals surface area (Å²) in [4.78, 5) is 26.6. The Kier molecular flexibility index (Phi) is 5.41. The molecule has 1 aliphatic heterocycles. The summed E-state index contributed by atoms with van der Waals surface area (Å²) >= 11 is 0. The van der Waals surface area contributed by atoms with Crippen molar-refractivity contribution < 1.29 is 19.1 Å². The average molecular weight is 354 g/mol. The fraction of sp³-hybridized carbons (Fsp3) is 0.300. The van der Waals surface area contributed by atoms with Gasteiger partial charge in [0.05, 0.1) is 19.8 Å². The minimum atomic E-state index is -0.303. The molecule has 3 rings (SSSR count). The summed E-state index contributed by atoms with van der Waals surface area (Å²) in [5.41, 5.74) is 1.80. The molecule has 0 aliphatic carbocycles. The van der Waals surface area contributed by atoms with E-state index in [2.05, 4.69) is 5.32 Å². The summed E-state index contributed by atoms with van der Waals surface area (Å²) in [7, 11) is 3.02. The van der Waals surface area contributed by atoms with Crippen LogP contribution in [0.2, 0.25) is 0 Å². The zero-order chi connectivity index (χ0) is 18.5. The van der Waals surface area contributed by atoms with Crippen LogP contribution in [0.4, 0.5) is 11.4 Å². The molecule has 1 N–H and O–H groups in total. The van der Waals surface area contributed by atoms with Crippen LogP contribution in [0.25, 0.3) is 0 Å². The molecule has 0 aromatic heterocycles. The Hall–Kier alpha value is -3.02. The highest BCUT2D eigenvalue weighted by Crippen LogP contribution is 2.31. The van der Waals surface area contributed by atoms with Gasteiger partial charge in [-0.25, -0.2) is 0 Å². The number of carbonyl (C=O) groups is 2. The summed E-state index contributed by atoms with van der Waals surface area (Å²) in [6.07, 6.45) is 2.49. The lowest BCUT2D eigenvalue weighted by Crippen LogP contribution is -2.35. The highest BCUT2D eigenvalue weighted by atomic mass is 16.5. The number of nitrogens with zero attached hydrogens (tertiary/aromatic N) is 1. The Morgan fingerprint density at radius 2 is 1.88 bits per heavy atom. The maximum atomic E-state index is 12.7. The van der Waals surface area contributed by atoms with Crippen LogP contribution >= 0.6 is 0 Å². The molecule has 0 unspecified atom stereocenters. The average Bonchev–Trinajstić information content (AvgIpc) is 2.67. The molecule has 1 saturated heterocycles. The zero-order valence-corrected chi connectivity index (χ0v) is 15.0. The number of anilines is 2. The zero-order valence-electron chi connectivity index (χ0n) is 15.0. The number of benzene rings is 2. The molecule has 0 radical (unpaired) electrons. The Balaban J connectivity index is 1.82. The number of carbonyl (C=O) groups excluding carboxylic acids is 2. The van der Waals surface area contributed by atoms with E-state index in [-0.39, 0.29) is 11.8 Å². The minimum absolute atomic E-state index is 0.120. The Labute approximate surface area is 152 Å². The first-order valence-corrected chi connectivity index (χ1v) is 8.57. The van der Waals surface area contributed by atoms with E-state index in [0.29, 0.717) is 35.7 Å². The molecular weight excluding hydrogens is 332 g/mol. The van der Waals surface area contributed by atoms with Gasteiger partial charge in [0.2, 0.25) is 5.91 Å². The van der Waals surface area contributed by atoms with Gasteiger partial charge in [0.15, 0.2) is 11.5 Å². The van der Waals surface area contributed by atoms with Crippen molar-refractivity contribution in [2.45, 2.75) is 19.3 Å². The SMILES string of the molecule is COc1cccc(C(=O)Nc2cccc(N3CCCCC3=O)c2)c1OC. The molecule has 1 heterocycles. The first kappa shape index (κ1) is 17.8. The number of rotatable bonds is 5. The number of ether oxygens (including phenoxy) is 2. The van der Waals surface area contributed by atoms with Crippen LogP contribution in [0.15, 0.2) is 42.5 Å². The summed E-state index contributed by atoms with van der Waals surface area (Å²) < 4.78 is 10.6. The van der Waals surface area contributed by atoms with Gasteiger partial charge in [0.1, 0.15) is 0 Å². The fourth-order valence-corrected chi connectivity index (χ4v) is 3.09. The Morgan fingerprint density at radius 1 is 1.08 bits per heavy atom. The van der Waals surface area contributed by atoms with E-state index in [9.17, 15) is 9.59 Å². The number of amides is 2. The number of piperidine rings is 1. The lowest BCUT2D eigenvalue weighted by atomic mass is 10.1.